The Morgan fingerprint density at radius 2 is 2.45 bits per heavy atom. The molecular formula is C8H9NO2. The van der Waals surface area contributed by atoms with Crippen LogP contribution in [0.2, 0.25) is 0 Å². The van der Waals surface area contributed by atoms with Crippen molar-refractivity contribution in [1.82, 2.24) is 4.98 Å². The van der Waals surface area contributed by atoms with Gasteiger partial charge in [0, 0.05) is 18.0 Å². The quantitative estimate of drug-likeness (QED) is 0.629. The molecule has 0 fully saturated rings. The van der Waals surface area contributed by atoms with Crippen molar-refractivity contribution in [2.24, 2.45) is 0 Å². The van der Waals surface area contributed by atoms with Crippen LogP contribution < -0.4 is 0 Å². The fourth-order valence-electron chi connectivity index (χ4n) is 0.839. The van der Waals surface area contributed by atoms with Crippen molar-refractivity contribution < 1.29 is 9.90 Å². The second-order valence-electron chi connectivity index (χ2n) is 2.25. The molecule has 0 aliphatic carbocycles. The normalized spacial score (nSPS) is 11.5. The van der Waals surface area contributed by atoms with Gasteiger partial charge in [-0.15, -0.1) is 0 Å². The zero-order valence-electron chi connectivity index (χ0n) is 6.16. The Morgan fingerprint density at radius 3 is 2.91 bits per heavy atom. The molecule has 0 amide bonds. The number of carboxylic acids is 1. The van der Waals surface area contributed by atoms with Gasteiger partial charge in [0.05, 0.1) is 0 Å². The Bertz CT molecular complexity index is 272. The second-order valence-corrected chi connectivity index (χ2v) is 2.25. The Hall–Kier alpha value is -1.51. The first-order valence-corrected chi connectivity index (χ1v) is 3.25. The third-order valence-corrected chi connectivity index (χ3v) is 1.36. The molecule has 0 unspecified atom stereocenters. The minimum absolute atomic E-state index is 0.725. The van der Waals surface area contributed by atoms with Crippen molar-refractivity contribution >= 4 is 11.5 Å². The van der Waals surface area contributed by atoms with Crippen LogP contribution in [0.1, 0.15) is 12.6 Å². The molecule has 0 bridgehead atoms. The van der Waals surface area contributed by atoms with Crippen molar-refractivity contribution in [2.75, 3.05) is 0 Å². The predicted molar refractivity (Wildman–Crippen MR) is 42.1 cm³/mol. The molecule has 3 nitrogen and oxygen atoms in total. The van der Waals surface area contributed by atoms with Crippen molar-refractivity contribution in [3.8, 4) is 0 Å². The molecule has 0 aliphatic rings. The highest BCUT2D eigenvalue weighted by molar-refractivity contribution is 5.88. The molecule has 1 aromatic heterocycles. The van der Waals surface area contributed by atoms with E-state index in [9.17, 15) is 4.79 Å². The lowest BCUT2D eigenvalue weighted by Crippen LogP contribution is -1.89. The number of rotatable bonds is 2. The van der Waals surface area contributed by atoms with E-state index in [0.29, 0.717) is 0 Å². The molecule has 0 atom stereocenters. The highest BCUT2D eigenvalue weighted by Crippen LogP contribution is 2.09. The smallest absolute Gasteiger partial charge is 0.328 e. The summed E-state index contributed by atoms with van der Waals surface area (Å²) in [6, 6.07) is 3.66. The van der Waals surface area contributed by atoms with E-state index < -0.39 is 5.97 Å². The van der Waals surface area contributed by atoms with Crippen LogP contribution in [0.25, 0.3) is 5.57 Å². The van der Waals surface area contributed by atoms with E-state index in [0.717, 1.165) is 11.3 Å². The Labute approximate surface area is 64.4 Å². The van der Waals surface area contributed by atoms with E-state index in [4.69, 9.17) is 5.11 Å². The number of hydrogen-bond donors (Lipinski definition) is 2. The van der Waals surface area contributed by atoms with E-state index in [1.165, 1.54) is 6.08 Å². The molecule has 58 valence electrons. The second kappa shape index (κ2) is 3.05. The lowest BCUT2D eigenvalue weighted by atomic mass is 10.2. The van der Waals surface area contributed by atoms with Crippen molar-refractivity contribution in [3.63, 3.8) is 0 Å². The molecule has 0 radical (unpaired) electrons. The molecule has 0 spiro atoms. The summed E-state index contributed by atoms with van der Waals surface area (Å²) in [7, 11) is 0. The molecule has 2 N–H and O–H groups in total. The molecule has 0 saturated carbocycles. The maximum atomic E-state index is 10.2. The monoisotopic (exact) mass is 151 g/mol. The third-order valence-electron chi connectivity index (χ3n) is 1.36. The van der Waals surface area contributed by atoms with Gasteiger partial charge in [-0.25, -0.2) is 4.79 Å². The largest absolute Gasteiger partial charge is 0.478 e. The van der Waals surface area contributed by atoms with Gasteiger partial charge in [0.2, 0.25) is 0 Å². The standard InChI is InChI=1S/C8H9NO2/c1-6(5-8(10)11)7-3-2-4-9-7/h2-5,9H,1H3,(H,10,11)/b6-5-. The summed E-state index contributed by atoms with van der Waals surface area (Å²) in [5, 5.41) is 8.39. The highest BCUT2D eigenvalue weighted by Gasteiger charge is 1.96. The number of carbonyl (C=O) groups is 1. The molecule has 0 saturated heterocycles. The fraction of sp³-hybridized carbons (Fsp3) is 0.125. The summed E-state index contributed by atoms with van der Waals surface area (Å²) in [5.41, 5.74) is 1.56. The summed E-state index contributed by atoms with van der Waals surface area (Å²) < 4.78 is 0. The number of allylic oxidation sites excluding steroid dienone is 1. The van der Waals surface area contributed by atoms with Crippen LogP contribution >= 0.6 is 0 Å². The van der Waals surface area contributed by atoms with Crippen LogP contribution in [0.4, 0.5) is 0 Å². The Kier molecular flexibility index (Phi) is 2.11. The van der Waals surface area contributed by atoms with Crippen LogP contribution in [0.5, 0.6) is 0 Å². The van der Waals surface area contributed by atoms with Gasteiger partial charge in [0.25, 0.3) is 0 Å². The van der Waals surface area contributed by atoms with Gasteiger partial charge in [-0.2, -0.15) is 0 Å². The van der Waals surface area contributed by atoms with Crippen molar-refractivity contribution in [1.29, 1.82) is 0 Å². The van der Waals surface area contributed by atoms with E-state index in [1.807, 2.05) is 12.1 Å². The first-order chi connectivity index (χ1) is 5.20. The summed E-state index contributed by atoms with van der Waals surface area (Å²) in [6.07, 6.45) is 2.93. The topological polar surface area (TPSA) is 53.1 Å². The predicted octanol–water partition coefficient (Wildman–Crippen LogP) is 1.50. The lowest BCUT2D eigenvalue weighted by Gasteiger charge is -1.93. The number of aromatic nitrogens is 1. The van der Waals surface area contributed by atoms with Crippen molar-refractivity contribution in [3.05, 3.63) is 30.1 Å². The van der Waals surface area contributed by atoms with Crippen molar-refractivity contribution in [2.45, 2.75) is 6.92 Å². The maximum absolute atomic E-state index is 10.2. The summed E-state index contributed by atoms with van der Waals surface area (Å²) in [6.45, 7) is 1.75. The van der Waals surface area contributed by atoms with Gasteiger partial charge in [-0.05, 0) is 24.6 Å². The molecule has 0 aromatic carbocycles. The van der Waals surface area contributed by atoms with Gasteiger partial charge >= 0.3 is 5.97 Å². The zero-order valence-corrected chi connectivity index (χ0v) is 6.16. The zero-order chi connectivity index (χ0) is 8.27. The average Bonchev–Trinajstić information content (AvgIpc) is 2.35. The maximum Gasteiger partial charge on any atom is 0.328 e. The van der Waals surface area contributed by atoms with Crippen LogP contribution in [0.15, 0.2) is 24.4 Å². The van der Waals surface area contributed by atoms with E-state index in [2.05, 4.69) is 4.98 Å². The van der Waals surface area contributed by atoms with E-state index in [-0.39, 0.29) is 0 Å². The van der Waals surface area contributed by atoms with Crippen LogP contribution in [-0.2, 0) is 4.79 Å². The van der Waals surface area contributed by atoms with Crippen LogP contribution in [-0.4, -0.2) is 16.1 Å². The first kappa shape index (κ1) is 7.60. The molecule has 1 rings (SSSR count). The average molecular weight is 151 g/mol. The number of hydrogen-bond acceptors (Lipinski definition) is 1. The van der Waals surface area contributed by atoms with E-state index in [1.54, 1.807) is 13.1 Å². The first-order valence-electron chi connectivity index (χ1n) is 3.25. The summed E-state index contributed by atoms with van der Waals surface area (Å²) in [5.74, 6) is -0.919. The molecule has 1 aromatic rings. The molecular weight excluding hydrogens is 142 g/mol. The highest BCUT2D eigenvalue weighted by atomic mass is 16.4. The van der Waals surface area contributed by atoms with Gasteiger partial charge in [0.15, 0.2) is 0 Å². The van der Waals surface area contributed by atoms with Gasteiger partial charge in [-0.1, -0.05) is 0 Å². The number of aliphatic carboxylic acids is 1. The minimum atomic E-state index is -0.919. The number of nitrogens with one attached hydrogen (secondary N) is 1. The molecule has 1 heterocycles. The fourth-order valence-corrected chi connectivity index (χ4v) is 0.839. The minimum Gasteiger partial charge on any atom is -0.478 e. The summed E-state index contributed by atoms with van der Waals surface area (Å²) >= 11 is 0. The van der Waals surface area contributed by atoms with E-state index >= 15 is 0 Å². The number of H-pyrrole nitrogens is 1. The number of carboxylic acid groups (broad SMARTS) is 1. The Balaban J connectivity index is 2.86. The molecule has 11 heavy (non-hydrogen) atoms. The molecule has 3 heteroatoms. The van der Waals surface area contributed by atoms with Crippen LogP contribution in [0, 0.1) is 0 Å². The van der Waals surface area contributed by atoms with Gasteiger partial charge in [0.1, 0.15) is 0 Å². The Morgan fingerprint density at radius 1 is 1.73 bits per heavy atom. The van der Waals surface area contributed by atoms with Crippen LogP contribution in [0.3, 0.4) is 0 Å². The van der Waals surface area contributed by atoms with Gasteiger partial charge in [-0.3, -0.25) is 0 Å². The molecule has 0 aliphatic heterocycles. The lowest BCUT2D eigenvalue weighted by molar-refractivity contribution is -0.131. The third kappa shape index (κ3) is 1.97. The number of aromatic amines is 1. The SMILES string of the molecule is C/C(=C/C(=O)O)c1ccc[nH]1. The van der Waals surface area contributed by atoms with Gasteiger partial charge < -0.3 is 10.1 Å². The summed E-state index contributed by atoms with van der Waals surface area (Å²) in [4.78, 5) is 13.1.